The van der Waals surface area contributed by atoms with Gasteiger partial charge in [-0.3, -0.25) is 4.68 Å². The lowest BCUT2D eigenvalue weighted by Crippen LogP contribution is -1.89. The van der Waals surface area contributed by atoms with E-state index in [1.165, 1.54) is 0 Å². The van der Waals surface area contributed by atoms with Crippen LogP contribution in [0.5, 0.6) is 0 Å². The normalized spacial score (nSPS) is 10.7. The van der Waals surface area contributed by atoms with Gasteiger partial charge in [0.2, 0.25) is 0 Å². The number of halogens is 1. The minimum Gasteiger partial charge on any atom is -0.257 e. The second-order valence-electron chi connectivity index (χ2n) is 3.44. The predicted octanol–water partition coefficient (Wildman–Crippen LogP) is 3.07. The maximum atomic E-state index is 6.15. The van der Waals surface area contributed by atoms with Crippen molar-refractivity contribution in [3.05, 3.63) is 40.8 Å². The van der Waals surface area contributed by atoms with Gasteiger partial charge in [-0.05, 0) is 19.1 Å². The van der Waals surface area contributed by atoms with Gasteiger partial charge in [0.15, 0.2) is 0 Å². The topological polar surface area (TPSA) is 30.7 Å². The van der Waals surface area contributed by atoms with Crippen LogP contribution in [0.25, 0.3) is 0 Å². The molecule has 2 aromatic heterocycles. The van der Waals surface area contributed by atoms with Crippen molar-refractivity contribution in [3.63, 3.8) is 0 Å². The van der Waals surface area contributed by atoms with Crippen LogP contribution < -0.4 is 0 Å². The summed E-state index contributed by atoms with van der Waals surface area (Å²) in [6.45, 7) is 1.97. The highest BCUT2D eigenvalue weighted by Crippen LogP contribution is 2.27. The molecule has 0 atom stereocenters. The van der Waals surface area contributed by atoms with Gasteiger partial charge >= 0.3 is 0 Å². The summed E-state index contributed by atoms with van der Waals surface area (Å²) in [7, 11) is 1.85. The fourth-order valence-corrected chi connectivity index (χ4v) is 2.69. The molecule has 0 N–H and O–H groups in total. The van der Waals surface area contributed by atoms with Crippen LogP contribution in [0.3, 0.4) is 0 Å². The fraction of sp³-hybridized carbons (Fsp3) is 0.273. The highest BCUT2D eigenvalue weighted by atomic mass is 35.5. The molecule has 0 unspecified atom stereocenters. The number of aromatic nitrogens is 3. The summed E-state index contributed by atoms with van der Waals surface area (Å²) < 4.78 is 1.70. The summed E-state index contributed by atoms with van der Waals surface area (Å²) in [6, 6.07) is 5.88. The van der Waals surface area contributed by atoms with E-state index in [0.717, 1.165) is 22.0 Å². The molecule has 84 valence electrons. The average Bonchev–Trinajstić information content (AvgIpc) is 2.53. The lowest BCUT2D eigenvalue weighted by atomic mass is 10.3. The molecule has 3 nitrogen and oxygen atoms in total. The molecule has 0 amide bonds. The standard InChI is InChI=1S/C11H12ClN3S/c1-8-9(11(12)15(2)14-8)7-16-10-5-3-4-6-13-10/h3-6H,7H2,1-2H3. The smallest absolute Gasteiger partial charge is 0.131 e. The van der Waals surface area contributed by atoms with Crippen LogP contribution in [0, 0.1) is 6.92 Å². The van der Waals surface area contributed by atoms with Crippen LogP contribution in [0.1, 0.15) is 11.3 Å². The van der Waals surface area contributed by atoms with Crippen LogP contribution in [0.2, 0.25) is 5.15 Å². The Hall–Kier alpha value is -1.00. The van der Waals surface area contributed by atoms with Gasteiger partial charge in [0, 0.05) is 24.6 Å². The quantitative estimate of drug-likeness (QED) is 0.788. The van der Waals surface area contributed by atoms with E-state index in [1.807, 2.05) is 32.2 Å². The van der Waals surface area contributed by atoms with E-state index >= 15 is 0 Å². The zero-order valence-corrected chi connectivity index (χ0v) is 10.7. The zero-order valence-electron chi connectivity index (χ0n) is 9.14. The second kappa shape index (κ2) is 4.89. The van der Waals surface area contributed by atoms with E-state index in [1.54, 1.807) is 22.6 Å². The SMILES string of the molecule is Cc1nn(C)c(Cl)c1CSc1ccccn1. The Morgan fingerprint density at radius 2 is 2.25 bits per heavy atom. The first kappa shape index (κ1) is 11.5. The highest BCUT2D eigenvalue weighted by molar-refractivity contribution is 7.98. The van der Waals surface area contributed by atoms with Crippen LogP contribution in [-0.2, 0) is 12.8 Å². The first-order valence-electron chi connectivity index (χ1n) is 4.90. The molecule has 0 aliphatic heterocycles. The van der Waals surface area contributed by atoms with Crippen LogP contribution in [0.15, 0.2) is 29.4 Å². The third-order valence-corrected chi connectivity index (χ3v) is 3.72. The second-order valence-corrected chi connectivity index (χ2v) is 4.79. The molecule has 5 heteroatoms. The zero-order chi connectivity index (χ0) is 11.5. The summed E-state index contributed by atoms with van der Waals surface area (Å²) >= 11 is 7.81. The van der Waals surface area contributed by atoms with E-state index in [9.17, 15) is 0 Å². The highest BCUT2D eigenvalue weighted by Gasteiger charge is 2.11. The Bertz CT molecular complexity index is 481. The van der Waals surface area contributed by atoms with E-state index < -0.39 is 0 Å². The fourth-order valence-electron chi connectivity index (χ4n) is 1.42. The van der Waals surface area contributed by atoms with E-state index in [0.29, 0.717) is 5.15 Å². The van der Waals surface area contributed by atoms with Gasteiger partial charge in [-0.1, -0.05) is 17.7 Å². The van der Waals surface area contributed by atoms with Crippen molar-refractivity contribution in [1.29, 1.82) is 0 Å². The summed E-state index contributed by atoms with van der Waals surface area (Å²) in [5.74, 6) is 0.801. The van der Waals surface area contributed by atoms with E-state index in [-0.39, 0.29) is 0 Å². The van der Waals surface area contributed by atoms with Crippen LogP contribution in [0.4, 0.5) is 0 Å². The number of nitrogens with zero attached hydrogens (tertiary/aromatic N) is 3. The van der Waals surface area contributed by atoms with Crippen molar-refractivity contribution in [2.24, 2.45) is 7.05 Å². The molecule has 0 spiro atoms. The lowest BCUT2D eigenvalue weighted by molar-refractivity contribution is 0.757. The van der Waals surface area contributed by atoms with Gasteiger partial charge in [-0.15, -0.1) is 11.8 Å². The van der Waals surface area contributed by atoms with Gasteiger partial charge in [-0.25, -0.2) is 4.98 Å². The minimum absolute atomic E-state index is 0.709. The lowest BCUT2D eigenvalue weighted by Gasteiger charge is -2.00. The van der Waals surface area contributed by atoms with E-state index in [4.69, 9.17) is 11.6 Å². The molecule has 16 heavy (non-hydrogen) atoms. The van der Waals surface area contributed by atoms with E-state index in [2.05, 4.69) is 10.1 Å². The van der Waals surface area contributed by atoms with Crippen molar-refractivity contribution in [2.45, 2.75) is 17.7 Å². The summed E-state index contributed by atoms with van der Waals surface area (Å²) in [5.41, 5.74) is 2.07. The Kier molecular flexibility index (Phi) is 3.51. The van der Waals surface area contributed by atoms with Crippen molar-refractivity contribution < 1.29 is 0 Å². The summed E-state index contributed by atoms with van der Waals surface area (Å²) in [5, 5.41) is 5.98. The Balaban J connectivity index is 2.11. The molecule has 0 fully saturated rings. The number of pyridine rings is 1. The third kappa shape index (κ3) is 2.39. The van der Waals surface area contributed by atoms with Crippen molar-refractivity contribution in [1.82, 2.24) is 14.8 Å². The van der Waals surface area contributed by atoms with Gasteiger partial charge in [0.05, 0.1) is 10.7 Å². The molecule has 2 rings (SSSR count). The number of hydrogen-bond acceptors (Lipinski definition) is 3. The Morgan fingerprint density at radius 1 is 1.44 bits per heavy atom. The summed E-state index contributed by atoms with van der Waals surface area (Å²) in [4.78, 5) is 4.25. The number of rotatable bonds is 3. The molecule has 0 aromatic carbocycles. The third-order valence-electron chi connectivity index (χ3n) is 2.27. The average molecular weight is 254 g/mol. The largest absolute Gasteiger partial charge is 0.257 e. The Morgan fingerprint density at radius 3 is 2.81 bits per heavy atom. The first-order valence-corrected chi connectivity index (χ1v) is 6.26. The summed E-state index contributed by atoms with van der Waals surface area (Å²) in [6.07, 6.45) is 1.79. The van der Waals surface area contributed by atoms with Crippen molar-refractivity contribution in [3.8, 4) is 0 Å². The molecule has 0 saturated carbocycles. The molecule has 0 aliphatic carbocycles. The van der Waals surface area contributed by atoms with Gasteiger partial charge in [0.1, 0.15) is 5.15 Å². The molecule has 0 saturated heterocycles. The van der Waals surface area contributed by atoms with Gasteiger partial charge < -0.3 is 0 Å². The molecular formula is C11H12ClN3S. The molecule has 0 aliphatic rings. The monoisotopic (exact) mass is 253 g/mol. The molecule has 2 heterocycles. The maximum Gasteiger partial charge on any atom is 0.131 e. The van der Waals surface area contributed by atoms with Gasteiger partial charge in [0.25, 0.3) is 0 Å². The van der Waals surface area contributed by atoms with Crippen LogP contribution in [-0.4, -0.2) is 14.8 Å². The number of aryl methyl sites for hydroxylation is 2. The number of hydrogen-bond donors (Lipinski definition) is 0. The number of thioether (sulfide) groups is 1. The van der Waals surface area contributed by atoms with Crippen molar-refractivity contribution >= 4 is 23.4 Å². The molecule has 0 radical (unpaired) electrons. The minimum atomic E-state index is 0.709. The van der Waals surface area contributed by atoms with Gasteiger partial charge in [-0.2, -0.15) is 5.10 Å². The predicted molar refractivity (Wildman–Crippen MR) is 66.8 cm³/mol. The first-order chi connectivity index (χ1) is 7.68. The molecular weight excluding hydrogens is 242 g/mol. The van der Waals surface area contributed by atoms with Crippen molar-refractivity contribution in [2.75, 3.05) is 0 Å². The molecule has 0 bridgehead atoms. The van der Waals surface area contributed by atoms with Crippen LogP contribution >= 0.6 is 23.4 Å². The Labute approximate surface area is 104 Å². The molecule has 2 aromatic rings. The maximum absolute atomic E-state index is 6.15.